The second-order valence-corrected chi connectivity index (χ2v) is 7.97. The zero-order chi connectivity index (χ0) is 17.9. The predicted octanol–water partition coefficient (Wildman–Crippen LogP) is 4.49. The van der Waals surface area contributed by atoms with E-state index in [1.54, 1.807) is 0 Å². The van der Waals surface area contributed by atoms with Crippen molar-refractivity contribution in [2.24, 2.45) is 5.92 Å². The van der Waals surface area contributed by atoms with Crippen LogP contribution in [0.4, 0.5) is 0 Å². The third-order valence-electron chi connectivity index (χ3n) is 5.90. The Morgan fingerprint density at radius 3 is 2.73 bits per heavy atom. The molecule has 0 radical (unpaired) electrons. The molecule has 1 atom stereocenters. The number of hydrogen-bond acceptors (Lipinski definition) is 2. The van der Waals surface area contributed by atoms with E-state index >= 15 is 0 Å². The van der Waals surface area contributed by atoms with Crippen LogP contribution in [0.3, 0.4) is 0 Å². The van der Waals surface area contributed by atoms with Crippen LogP contribution in [0.25, 0.3) is 0 Å². The number of carbonyl (C=O) groups is 1. The topological polar surface area (TPSA) is 33.2 Å². The summed E-state index contributed by atoms with van der Waals surface area (Å²) in [5.74, 6) is 1.07. The summed E-state index contributed by atoms with van der Waals surface area (Å²) >= 11 is 0. The number of hydrogen-bond donors (Lipinski definition) is 0. The summed E-state index contributed by atoms with van der Waals surface area (Å²) in [6.07, 6.45) is 6.49. The van der Waals surface area contributed by atoms with Crippen molar-refractivity contribution in [3.05, 3.63) is 65.0 Å². The molecule has 1 amide bonds. The van der Waals surface area contributed by atoms with Crippen molar-refractivity contribution in [2.75, 3.05) is 13.1 Å². The monoisotopic (exact) mass is 348 g/mol. The Morgan fingerprint density at radius 1 is 1.12 bits per heavy atom. The lowest BCUT2D eigenvalue weighted by molar-refractivity contribution is -0.139. The highest BCUT2D eigenvalue weighted by molar-refractivity contribution is 5.79. The van der Waals surface area contributed by atoms with Gasteiger partial charge >= 0.3 is 0 Å². The van der Waals surface area contributed by atoms with E-state index in [0.717, 1.165) is 56.6 Å². The Bertz CT molecular complexity index is 781. The molecule has 1 saturated heterocycles. The fourth-order valence-electron chi connectivity index (χ4n) is 4.19. The highest BCUT2D eigenvalue weighted by atomic mass is 16.2. The number of amides is 1. The molecule has 0 N–H and O–H groups in total. The van der Waals surface area contributed by atoms with E-state index in [4.69, 9.17) is 4.98 Å². The number of rotatable bonds is 4. The van der Waals surface area contributed by atoms with Gasteiger partial charge in [-0.05, 0) is 50.3 Å². The first-order chi connectivity index (χ1) is 12.7. The van der Waals surface area contributed by atoms with Crippen LogP contribution in [-0.2, 0) is 11.2 Å². The van der Waals surface area contributed by atoms with E-state index in [0.29, 0.717) is 17.7 Å². The summed E-state index contributed by atoms with van der Waals surface area (Å²) in [4.78, 5) is 19.7. The van der Waals surface area contributed by atoms with Gasteiger partial charge in [0, 0.05) is 42.7 Å². The van der Waals surface area contributed by atoms with Gasteiger partial charge in [0.2, 0.25) is 5.91 Å². The minimum Gasteiger partial charge on any atom is -0.342 e. The van der Waals surface area contributed by atoms with Gasteiger partial charge in [-0.15, -0.1) is 0 Å². The molecule has 3 heteroatoms. The van der Waals surface area contributed by atoms with Gasteiger partial charge < -0.3 is 4.90 Å². The van der Waals surface area contributed by atoms with Crippen molar-refractivity contribution in [3.63, 3.8) is 0 Å². The van der Waals surface area contributed by atoms with Crippen molar-refractivity contribution in [1.29, 1.82) is 0 Å². The molecule has 0 bridgehead atoms. The second kappa shape index (κ2) is 7.61. The molecule has 4 rings (SSSR count). The Morgan fingerprint density at radius 2 is 1.96 bits per heavy atom. The summed E-state index contributed by atoms with van der Waals surface area (Å²) in [7, 11) is 0. The zero-order valence-corrected chi connectivity index (χ0v) is 15.7. The van der Waals surface area contributed by atoms with E-state index in [1.807, 2.05) is 0 Å². The second-order valence-electron chi connectivity index (χ2n) is 7.97. The highest BCUT2D eigenvalue weighted by Crippen LogP contribution is 2.32. The van der Waals surface area contributed by atoms with Gasteiger partial charge in [0.15, 0.2) is 0 Å². The highest BCUT2D eigenvalue weighted by Gasteiger charge is 2.32. The van der Waals surface area contributed by atoms with Crippen molar-refractivity contribution in [1.82, 2.24) is 9.88 Å². The van der Waals surface area contributed by atoms with E-state index in [9.17, 15) is 4.79 Å². The maximum Gasteiger partial charge on any atom is 0.225 e. The molecule has 136 valence electrons. The van der Waals surface area contributed by atoms with Crippen LogP contribution in [0.5, 0.6) is 0 Å². The van der Waals surface area contributed by atoms with Crippen LogP contribution in [0, 0.1) is 12.8 Å². The van der Waals surface area contributed by atoms with Crippen LogP contribution in [0.2, 0.25) is 0 Å². The van der Waals surface area contributed by atoms with Gasteiger partial charge in [-0.3, -0.25) is 9.78 Å². The Kier molecular flexibility index (Phi) is 5.05. The number of carbonyl (C=O) groups excluding carboxylic acids is 1. The van der Waals surface area contributed by atoms with E-state index in [-0.39, 0.29) is 0 Å². The first-order valence-corrected chi connectivity index (χ1v) is 9.99. The molecule has 1 aromatic heterocycles. The molecule has 1 aliphatic heterocycles. The maximum absolute atomic E-state index is 12.6. The Balaban J connectivity index is 1.46. The number of likely N-dealkylation sites (tertiary alicyclic amines) is 1. The summed E-state index contributed by atoms with van der Waals surface area (Å²) in [5.41, 5.74) is 4.87. The van der Waals surface area contributed by atoms with Gasteiger partial charge in [-0.25, -0.2) is 0 Å². The molecule has 1 aliphatic carbocycles. The molecule has 2 aromatic rings. The normalized spacial score (nSPS) is 20.7. The molecule has 2 fully saturated rings. The van der Waals surface area contributed by atoms with E-state index < -0.39 is 0 Å². The van der Waals surface area contributed by atoms with Crippen molar-refractivity contribution in [2.45, 2.75) is 51.4 Å². The molecule has 0 spiro atoms. The summed E-state index contributed by atoms with van der Waals surface area (Å²) in [6, 6.07) is 15.0. The Hall–Kier alpha value is -2.16. The first-order valence-electron chi connectivity index (χ1n) is 9.99. The van der Waals surface area contributed by atoms with Crippen molar-refractivity contribution >= 4 is 5.91 Å². The molecule has 1 saturated carbocycles. The molecule has 3 nitrogen and oxygen atoms in total. The zero-order valence-electron chi connectivity index (χ0n) is 15.7. The quantitative estimate of drug-likeness (QED) is 0.816. The number of benzene rings is 1. The Labute approximate surface area is 156 Å². The summed E-state index contributed by atoms with van der Waals surface area (Å²) < 4.78 is 0. The predicted molar refractivity (Wildman–Crippen MR) is 104 cm³/mol. The molecule has 2 aliphatic rings. The van der Waals surface area contributed by atoms with E-state index in [1.165, 1.54) is 17.5 Å². The number of nitrogens with zero attached hydrogens (tertiary/aromatic N) is 2. The average Bonchev–Trinajstić information content (AvgIpc) is 2.61. The third-order valence-corrected chi connectivity index (χ3v) is 5.90. The average molecular weight is 348 g/mol. The molecule has 26 heavy (non-hydrogen) atoms. The first kappa shape index (κ1) is 17.3. The molecular formula is C23H28N2O. The van der Waals surface area contributed by atoms with Crippen LogP contribution in [-0.4, -0.2) is 28.9 Å². The third kappa shape index (κ3) is 3.82. The minimum atomic E-state index is 0.300. The van der Waals surface area contributed by atoms with Crippen LogP contribution >= 0.6 is 0 Å². The SMILES string of the molecule is Cc1cccc(Cc2cccc([C@H]3CCCN(C(=O)C4CCC4)C3)n2)c1. The van der Waals surface area contributed by atoms with Gasteiger partial charge in [0.1, 0.15) is 0 Å². The smallest absolute Gasteiger partial charge is 0.225 e. The van der Waals surface area contributed by atoms with Gasteiger partial charge in [0.25, 0.3) is 0 Å². The number of aryl methyl sites for hydroxylation is 1. The fraction of sp³-hybridized carbons (Fsp3) is 0.478. The van der Waals surface area contributed by atoms with Gasteiger partial charge in [0.05, 0.1) is 0 Å². The van der Waals surface area contributed by atoms with Gasteiger partial charge in [-0.1, -0.05) is 42.3 Å². The van der Waals surface area contributed by atoms with Gasteiger partial charge in [-0.2, -0.15) is 0 Å². The summed E-state index contributed by atoms with van der Waals surface area (Å²) in [6.45, 7) is 3.90. The lowest BCUT2D eigenvalue weighted by Crippen LogP contribution is -2.44. The summed E-state index contributed by atoms with van der Waals surface area (Å²) in [5, 5.41) is 0. The number of piperidine rings is 1. The number of aromatic nitrogens is 1. The largest absolute Gasteiger partial charge is 0.342 e. The van der Waals surface area contributed by atoms with Crippen LogP contribution in [0.15, 0.2) is 42.5 Å². The molecule has 0 unspecified atom stereocenters. The molecule has 1 aromatic carbocycles. The lowest BCUT2D eigenvalue weighted by atomic mass is 9.83. The molecular weight excluding hydrogens is 320 g/mol. The van der Waals surface area contributed by atoms with Crippen LogP contribution in [0.1, 0.15) is 60.5 Å². The minimum absolute atomic E-state index is 0.300. The maximum atomic E-state index is 12.6. The molecule has 2 heterocycles. The van der Waals surface area contributed by atoms with Crippen molar-refractivity contribution < 1.29 is 4.79 Å². The van der Waals surface area contributed by atoms with Crippen molar-refractivity contribution in [3.8, 4) is 0 Å². The number of pyridine rings is 1. The van der Waals surface area contributed by atoms with E-state index in [2.05, 4.69) is 54.3 Å². The standard InChI is InChI=1S/C23H28N2O/c1-17-6-2-7-18(14-17)15-21-11-4-12-22(24-21)20-10-5-13-25(16-20)23(26)19-8-3-9-19/h2,4,6-7,11-12,14,19-20H,3,5,8-10,13,15-16H2,1H3/t20-/m0/s1. The lowest BCUT2D eigenvalue weighted by Gasteiger charge is -2.37. The van der Waals surface area contributed by atoms with Crippen LogP contribution < -0.4 is 0 Å². The fourth-order valence-corrected chi connectivity index (χ4v) is 4.19.